The highest BCUT2D eigenvalue weighted by Crippen LogP contribution is 2.08. The molecular weight excluding hydrogens is 206 g/mol. The van der Waals surface area contributed by atoms with E-state index < -0.39 is 0 Å². The average molecular weight is 227 g/mol. The highest BCUT2D eigenvalue weighted by Gasteiger charge is 2.17. The summed E-state index contributed by atoms with van der Waals surface area (Å²) in [6.07, 6.45) is 2.62. The van der Waals surface area contributed by atoms with Gasteiger partial charge in [0.1, 0.15) is 0 Å². The van der Waals surface area contributed by atoms with E-state index in [9.17, 15) is 9.59 Å². The van der Waals surface area contributed by atoms with Crippen molar-refractivity contribution in [2.45, 2.75) is 32.2 Å². The summed E-state index contributed by atoms with van der Waals surface area (Å²) < 4.78 is 0. The molecule has 0 bridgehead atoms. The molecule has 0 aromatic carbocycles. The molecule has 2 amide bonds. The van der Waals surface area contributed by atoms with Gasteiger partial charge in [0.25, 0.3) is 0 Å². The molecule has 1 fully saturated rings. The Labute approximate surface area is 96.6 Å². The maximum atomic E-state index is 11.6. The molecule has 92 valence electrons. The lowest BCUT2D eigenvalue weighted by Crippen LogP contribution is -2.41. The lowest BCUT2D eigenvalue weighted by molar-refractivity contribution is -0.130. The molecule has 1 unspecified atom stereocenters. The normalized spacial score (nSPS) is 17.2. The minimum atomic E-state index is -0.207. The smallest absolute Gasteiger partial charge is 0.236 e. The van der Waals surface area contributed by atoms with E-state index in [2.05, 4.69) is 10.6 Å². The van der Waals surface area contributed by atoms with E-state index in [-0.39, 0.29) is 17.9 Å². The summed E-state index contributed by atoms with van der Waals surface area (Å²) in [6, 6.07) is -0.207. The standard InChI is InChI=1S/C11H21N3O2/c1-9(12-2)11(16)13-6-5-10(15)14-7-3-4-8-14/h9,12H,3-8H2,1-2H3,(H,13,16). The number of carbonyl (C=O) groups excluding carboxylic acids is 2. The number of rotatable bonds is 5. The monoisotopic (exact) mass is 227 g/mol. The van der Waals surface area contributed by atoms with Crippen LogP contribution in [0.1, 0.15) is 26.2 Å². The molecule has 1 heterocycles. The summed E-state index contributed by atoms with van der Waals surface area (Å²) in [5.41, 5.74) is 0. The van der Waals surface area contributed by atoms with E-state index >= 15 is 0 Å². The summed E-state index contributed by atoms with van der Waals surface area (Å²) in [5.74, 6) is 0.0895. The number of hydrogen-bond acceptors (Lipinski definition) is 3. The second kappa shape index (κ2) is 6.48. The van der Waals surface area contributed by atoms with Crippen LogP contribution in [0, 0.1) is 0 Å². The summed E-state index contributed by atoms with van der Waals surface area (Å²) in [4.78, 5) is 24.9. The van der Waals surface area contributed by atoms with Crippen LogP contribution in [0.15, 0.2) is 0 Å². The van der Waals surface area contributed by atoms with Gasteiger partial charge in [-0.1, -0.05) is 0 Å². The Morgan fingerprint density at radius 3 is 2.50 bits per heavy atom. The molecule has 1 saturated heterocycles. The minimum Gasteiger partial charge on any atom is -0.354 e. The molecule has 0 radical (unpaired) electrons. The fraction of sp³-hybridized carbons (Fsp3) is 0.818. The first kappa shape index (κ1) is 13.0. The third-order valence-corrected chi connectivity index (χ3v) is 2.92. The van der Waals surface area contributed by atoms with Crippen molar-refractivity contribution in [2.24, 2.45) is 0 Å². The van der Waals surface area contributed by atoms with E-state index in [1.165, 1.54) is 0 Å². The maximum absolute atomic E-state index is 11.6. The highest BCUT2D eigenvalue weighted by molar-refractivity contribution is 5.82. The first-order valence-corrected chi connectivity index (χ1v) is 5.88. The van der Waals surface area contributed by atoms with Crippen molar-refractivity contribution >= 4 is 11.8 Å². The molecule has 0 saturated carbocycles. The molecule has 1 aliphatic rings. The molecule has 5 heteroatoms. The maximum Gasteiger partial charge on any atom is 0.236 e. The van der Waals surface area contributed by atoms with E-state index in [1.54, 1.807) is 14.0 Å². The molecular formula is C11H21N3O2. The molecule has 5 nitrogen and oxygen atoms in total. The average Bonchev–Trinajstić information content (AvgIpc) is 2.81. The Hall–Kier alpha value is -1.10. The van der Waals surface area contributed by atoms with Gasteiger partial charge in [-0.2, -0.15) is 0 Å². The largest absolute Gasteiger partial charge is 0.354 e. The van der Waals surface area contributed by atoms with Crippen molar-refractivity contribution < 1.29 is 9.59 Å². The van der Waals surface area contributed by atoms with Crippen LogP contribution in [0.5, 0.6) is 0 Å². The van der Waals surface area contributed by atoms with Gasteiger partial charge in [0.05, 0.1) is 6.04 Å². The number of nitrogens with one attached hydrogen (secondary N) is 2. The Morgan fingerprint density at radius 2 is 1.94 bits per heavy atom. The van der Waals surface area contributed by atoms with Crippen LogP contribution < -0.4 is 10.6 Å². The van der Waals surface area contributed by atoms with Crippen molar-refractivity contribution in [1.82, 2.24) is 15.5 Å². The van der Waals surface area contributed by atoms with Gasteiger partial charge in [0.15, 0.2) is 0 Å². The van der Waals surface area contributed by atoms with Gasteiger partial charge in [-0.15, -0.1) is 0 Å². The van der Waals surface area contributed by atoms with Crippen LogP contribution in [0.3, 0.4) is 0 Å². The van der Waals surface area contributed by atoms with E-state index in [0.717, 1.165) is 25.9 Å². The van der Waals surface area contributed by atoms with Crippen LogP contribution in [0.4, 0.5) is 0 Å². The lowest BCUT2D eigenvalue weighted by Gasteiger charge is -2.16. The molecule has 0 aromatic heterocycles. The lowest BCUT2D eigenvalue weighted by atomic mass is 10.3. The first-order chi connectivity index (χ1) is 7.65. The van der Waals surface area contributed by atoms with Crippen LogP contribution in [-0.4, -0.2) is 49.4 Å². The molecule has 16 heavy (non-hydrogen) atoms. The summed E-state index contributed by atoms with van der Waals surface area (Å²) in [6.45, 7) is 3.97. The van der Waals surface area contributed by atoms with Gasteiger partial charge in [-0.05, 0) is 26.8 Å². The fourth-order valence-electron chi connectivity index (χ4n) is 1.70. The predicted molar refractivity (Wildman–Crippen MR) is 62.0 cm³/mol. The van der Waals surface area contributed by atoms with Gasteiger partial charge < -0.3 is 15.5 Å². The molecule has 0 aromatic rings. The van der Waals surface area contributed by atoms with Gasteiger partial charge in [0, 0.05) is 26.1 Å². The third kappa shape index (κ3) is 3.81. The molecule has 1 atom stereocenters. The number of amides is 2. The highest BCUT2D eigenvalue weighted by atomic mass is 16.2. The second-order valence-electron chi connectivity index (χ2n) is 4.14. The van der Waals surface area contributed by atoms with Crippen molar-refractivity contribution in [3.63, 3.8) is 0 Å². The van der Waals surface area contributed by atoms with Gasteiger partial charge in [-0.3, -0.25) is 9.59 Å². The Bertz CT molecular complexity index is 250. The molecule has 1 aliphatic heterocycles. The Morgan fingerprint density at radius 1 is 1.31 bits per heavy atom. The van der Waals surface area contributed by atoms with Crippen LogP contribution in [0.25, 0.3) is 0 Å². The molecule has 1 rings (SSSR count). The fourth-order valence-corrected chi connectivity index (χ4v) is 1.70. The van der Waals surface area contributed by atoms with Gasteiger partial charge in [0.2, 0.25) is 11.8 Å². The Balaban J connectivity index is 2.14. The van der Waals surface area contributed by atoms with Gasteiger partial charge in [-0.25, -0.2) is 0 Å². The summed E-state index contributed by atoms with van der Waals surface area (Å²) in [7, 11) is 1.74. The SMILES string of the molecule is CNC(C)C(=O)NCCC(=O)N1CCCC1. The molecule has 0 spiro atoms. The first-order valence-electron chi connectivity index (χ1n) is 5.88. The van der Waals surface area contributed by atoms with Crippen LogP contribution >= 0.6 is 0 Å². The van der Waals surface area contributed by atoms with E-state index in [4.69, 9.17) is 0 Å². The third-order valence-electron chi connectivity index (χ3n) is 2.92. The zero-order valence-electron chi connectivity index (χ0n) is 10.1. The molecule has 0 aliphatic carbocycles. The van der Waals surface area contributed by atoms with E-state index in [0.29, 0.717) is 13.0 Å². The second-order valence-corrected chi connectivity index (χ2v) is 4.14. The van der Waals surface area contributed by atoms with Crippen molar-refractivity contribution in [3.05, 3.63) is 0 Å². The van der Waals surface area contributed by atoms with Crippen molar-refractivity contribution in [2.75, 3.05) is 26.7 Å². The quantitative estimate of drug-likeness (QED) is 0.679. The van der Waals surface area contributed by atoms with Crippen LogP contribution in [0.2, 0.25) is 0 Å². The number of nitrogens with zero attached hydrogens (tertiary/aromatic N) is 1. The minimum absolute atomic E-state index is 0.0586. The Kier molecular flexibility index (Phi) is 5.25. The van der Waals surface area contributed by atoms with Crippen LogP contribution in [-0.2, 0) is 9.59 Å². The topological polar surface area (TPSA) is 61.4 Å². The number of carbonyl (C=O) groups is 2. The van der Waals surface area contributed by atoms with Crippen molar-refractivity contribution in [3.8, 4) is 0 Å². The number of hydrogen-bond donors (Lipinski definition) is 2. The predicted octanol–water partition coefficient (Wildman–Crippen LogP) is -0.277. The number of likely N-dealkylation sites (tertiary alicyclic amines) is 1. The number of likely N-dealkylation sites (N-methyl/N-ethyl adjacent to an activating group) is 1. The zero-order valence-corrected chi connectivity index (χ0v) is 10.1. The zero-order chi connectivity index (χ0) is 12.0. The molecule has 2 N–H and O–H groups in total. The van der Waals surface area contributed by atoms with Crippen molar-refractivity contribution in [1.29, 1.82) is 0 Å². The van der Waals surface area contributed by atoms with E-state index in [1.807, 2.05) is 4.90 Å². The van der Waals surface area contributed by atoms with Gasteiger partial charge >= 0.3 is 0 Å². The summed E-state index contributed by atoms with van der Waals surface area (Å²) in [5, 5.41) is 5.59. The summed E-state index contributed by atoms with van der Waals surface area (Å²) >= 11 is 0.